The van der Waals surface area contributed by atoms with Crippen LogP contribution in [0, 0.1) is 6.92 Å². The number of alkyl halides is 1. The van der Waals surface area contributed by atoms with Crippen LogP contribution in [0.25, 0.3) is 6.08 Å². The Kier molecular flexibility index (Phi) is 4.63. The summed E-state index contributed by atoms with van der Waals surface area (Å²) in [4.78, 5) is 21.4. The zero-order valence-electron chi connectivity index (χ0n) is 9.61. The molecule has 1 N–H and O–H groups in total. The quantitative estimate of drug-likeness (QED) is 0.686. The highest BCUT2D eigenvalue weighted by Gasteiger charge is 2.14. The highest BCUT2D eigenvalue weighted by molar-refractivity contribution is 9.09. The second kappa shape index (κ2) is 5.77. The second-order valence-corrected chi connectivity index (χ2v) is 4.68. The fourth-order valence-electron chi connectivity index (χ4n) is 1.42. The molecule has 90 valence electrons. The van der Waals surface area contributed by atoms with E-state index >= 15 is 0 Å². The van der Waals surface area contributed by atoms with E-state index < -0.39 is 5.97 Å². The highest BCUT2D eigenvalue weighted by Crippen LogP contribution is 2.27. The van der Waals surface area contributed by atoms with Gasteiger partial charge in [-0.1, -0.05) is 28.1 Å². The fraction of sp³-hybridized carbons (Fsp3) is 0.231. The van der Waals surface area contributed by atoms with E-state index in [-0.39, 0.29) is 10.6 Å². The van der Waals surface area contributed by atoms with Gasteiger partial charge >= 0.3 is 5.97 Å². The molecule has 3 nitrogen and oxygen atoms in total. The predicted octanol–water partition coefficient (Wildman–Crippen LogP) is 3.12. The van der Waals surface area contributed by atoms with E-state index in [1.807, 2.05) is 25.1 Å². The van der Waals surface area contributed by atoms with Crippen molar-refractivity contribution in [2.24, 2.45) is 0 Å². The van der Waals surface area contributed by atoms with Crippen LogP contribution in [0.3, 0.4) is 0 Å². The molecule has 0 saturated heterocycles. The molecule has 0 radical (unpaired) electrons. The summed E-state index contributed by atoms with van der Waals surface area (Å²) in [6.07, 6.45) is 2.58. The maximum atomic E-state index is 11.3. The summed E-state index contributed by atoms with van der Waals surface area (Å²) < 4.78 is 0. The van der Waals surface area contributed by atoms with E-state index in [9.17, 15) is 9.59 Å². The standard InChI is InChI=1S/C13H13BrO3/c1-8-3-4-10(5-6-12(16)17)7-11(8)13(14)9(2)15/h3-7,13H,1-2H3,(H,16,17)/b6-5+. The van der Waals surface area contributed by atoms with Crippen molar-refractivity contribution in [2.75, 3.05) is 0 Å². The number of benzene rings is 1. The maximum absolute atomic E-state index is 11.3. The largest absolute Gasteiger partial charge is 0.478 e. The van der Waals surface area contributed by atoms with Crippen molar-refractivity contribution in [2.45, 2.75) is 18.7 Å². The van der Waals surface area contributed by atoms with Crippen molar-refractivity contribution in [1.29, 1.82) is 0 Å². The third-order valence-electron chi connectivity index (χ3n) is 2.35. The van der Waals surface area contributed by atoms with E-state index in [2.05, 4.69) is 15.9 Å². The van der Waals surface area contributed by atoms with Gasteiger partial charge in [0.25, 0.3) is 0 Å². The van der Waals surface area contributed by atoms with Crippen molar-refractivity contribution in [3.63, 3.8) is 0 Å². The number of carbonyl (C=O) groups excluding carboxylic acids is 1. The number of ketones is 1. The predicted molar refractivity (Wildman–Crippen MR) is 70.2 cm³/mol. The van der Waals surface area contributed by atoms with Gasteiger partial charge in [0.05, 0.1) is 4.83 Å². The van der Waals surface area contributed by atoms with Crippen LogP contribution >= 0.6 is 15.9 Å². The molecule has 0 spiro atoms. The molecule has 0 aromatic heterocycles. The van der Waals surface area contributed by atoms with E-state index in [4.69, 9.17) is 5.11 Å². The van der Waals surface area contributed by atoms with Crippen molar-refractivity contribution in [3.05, 3.63) is 41.0 Å². The van der Waals surface area contributed by atoms with Crippen molar-refractivity contribution in [3.8, 4) is 0 Å². The van der Waals surface area contributed by atoms with Gasteiger partial charge in [0, 0.05) is 6.08 Å². The van der Waals surface area contributed by atoms with Crippen LogP contribution in [0.2, 0.25) is 0 Å². The third kappa shape index (κ3) is 3.82. The van der Waals surface area contributed by atoms with Gasteiger partial charge in [-0.2, -0.15) is 0 Å². The molecule has 0 bridgehead atoms. The Morgan fingerprint density at radius 1 is 1.41 bits per heavy atom. The van der Waals surface area contributed by atoms with Gasteiger partial charge in [0.2, 0.25) is 0 Å². The van der Waals surface area contributed by atoms with Crippen LogP contribution in [0.1, 0.15) is 28.4 Å². The van der Waals surface area contributed by atoms with Crippen LogP contribution in [-0.4, -0.2) is 16.9 Å². The molecule has 0 aliphatic rings. The van der Waals surface area contributed by atoms with Crippen molar-refractivity contribution < 1.29 is 14.7 Å². The average Bonchev–Trinajstić information content (AvgIpc) is 2.26. The minimum Gasteiger partial charge on any atom is -0.478 e. The van der Waals surface area contributed by atoms with E-state index in [1.165, 1.54) is 13.0 Å². The molecule has 4 heteroatoms. The zero-order valence-corrected chi connectivity index (χ0v) is 11.2. The Labute approximate surface area is 108 Å². The zero-order chi connectivity index (χ0) is 13.0. The lowest BCUT2D eigenvalue weighted by Crippen LogP contribution is -2.03. The molecule has 17 heavy (non-hydrogen) atoms. The molecular weight excluding hydrogens is 284 g/mol. The van der Waals surface area contributed by atoms with Gasteiger partial charge < -0.3 is 5.11 Å². The van der Waals surface area contributed by atoms with Crippen molar-refractivity contribution >= 4 is 33.8 Å². The minimum absolute atomic E-state index is 0.0208. The number of hydrogen-bond donors (Lipinski definition) is 1. The van der Waals surface area contributed by atoms with Crippen LogP contribution < -0.4 is 0 Å². The summed E-state index contributed by atoms with van der Waals surface area (Å²) in [6.45, 7) is 3.43. The normalized spacial score (nSPS) is 12.6. The monoisotopic (exact) mass is 296 g/mol. The fourth-order valence-corrected chi connectivity index (χ4v) is 1.92. The number of rotatable bonds is 4. The van der Waals surface area contributed by atoms with Gasteiger partial charge in [-0.3, -0.25) is 4.79 Å². The lowest BCUT2D eigenvalue weighted by Gasteiger charge is -2.10. The summed E-state index contributed by atoms with van der Waals surface area (Å²) >= 11 is 3.33. The SMILES string of the molecule is CC(=O)C(Br)c1cc(/C=C/C(=O)O)ccc1C. The Morgan fingerprint density at radius 3 is 2.59 bits per heavy atom. The summed E-state index contributed by atoms with van der Waals surface area (Å²) in [6, 6.07) is 5.50. The minimum atomic E-state index is -0.992. The molecule has 0 aliphatic heterocycles. The van der Waals surface area contributed by atoms with Crippen molar-refractivity contribution in [1.82, 2.24) is 0 Å². The van der Waals surface area contributed by atoms with Gasteiger partial charge in [-0.25, -0.2) is 4.79 Å². The van der Waals surface area contributed by atoms with E-state index in [0.717, 1.165) is 22.8 Å². The van der Waals surface area contributed by atoms with Crippen LogP contribution in [0.5, 0.6) is 0 Å². The molecule has 0 heterocycles. The van der Waals surface area contributed by atoms with E-state index in [0.29, 0.717) is 0 Å². The topological polar surface area (TPSA) is 54.4 Å². The molecule has 0 aliphatic carbocycles. The summed E-state index contributed by atoms with van der Waals surface area (Å²) in [5.41, 5.74) is 2.62. The van der Waals surface area contributed by atoms with Gasteiger partial charge in [-0.05, 0) is 42.7 Å². The Bertz CT molecular complexity index is 478. The van der Waals surface area contributed by atoms with Crippen LogP contribution in [0.15, 0.2) is 24.3 Å². The summed E-state index contributed by atoms with van der Waals surface area (Å²) in [5.74, 6) is -0.971. The molecule has 1 aromatic carbocycles. The lowest BCUT2D eigenvalue weighted by molar-refractivity contribution is -0.131. The number of hydrogen-bond acceptors (Lipinski definition) is 2. The maximum Gasteiger partial charge on any atom is 0.328 e. The first kappa shape index (κ1) is 13.6. The number of carboxylic acids is 1. The molecule has 1 aromatic rings. The van der Waals surface area contributed by atoms with Gasteiger partial charge in [0.15, 0.2) is 0 Å². The molecular formula is C13H13BrO3. The van der Waals surface area contributed by atoms with Crippen LogP contribution in [0.4, 0.5) is 0 Å². The smallest absolute Gasteiger partial charge is 0.328 e. The first-order chi connectivity index (χ1) is 7.91. The van der Waals surface area contributed by atoms with Gasteiger partial charge in [-0.15, -0.1) is 0 Å². The molecule has 1 unspecified atom stereocenters. The van der Waals surface area contributed by atoms with Gasteiger partial charge in [0.1, 0.15) is 5.78 Å². The Balaban J connectivity index is 3.10. The number of aryl methyl sites for hydroxylation is 1. The number of halogens is 1. The summed E-state index contributed by atoms with van der Waals surface area (Å²) in [7, 11) is 0. The highest BCUT2D eigenvalue weighted by atomic mass is 79.9. The first-order valence-electron chi connectivity index (χ1n) is 5.08. The average molecular weight is 297 g/mol. The second-order valence-electron chi connectivity index (χ2n) is 3.76. The molecule has 0 amide bonds. The number of carbonyl (C=O) groups is 2. The molecule has 0 saturated carbocycles. The number of Topliss-reactive ketones (excluding diaryl/α,β-unsaturated/α-hetero) is 1. The Hall–Kier alpha value is -1.42. The first-order valence-corrected chi connectivity index (χ1v) is 5.99. The Morgan fingerprint density at radius 2 is 2.06 bits per heavy atom. The lowest BCUT2D eigenvalue weighted by atomic mass is 10.0. The van der Waals surface area contributed by atoms with E-state index in [1.54, 1.807) is 0 Å². The number of aliphatic carboxylic acids is 1. The van der Waals surface area contributed by atoms with Crippen LogP contribution in [-0.2, 0) is 9.59 Å². The molecule has 0 fully saturated rings. The molecule has 1 rings (SSSR count). The number of carboxylic acid groups (broad SMARTS) is 1. The third-order valence-corrected chi connectivity index (χ3v) is 3.49. The molecule has 1 atom stereocenters. The summed E-state index contributed by atoms with van der Waals surface area (Å²) in [5, 5.41) is 8.55.